The summed E-state index contributed by atoms with van der Waals surface area (Å²) in [6.45, 7) is 3.78. The predicted molar refractivity (Wildman–Crippen MR) is 266 cm³/mol. The van der Waals surface area contributed by atoms with Gasteiger partial charge in [0, 0.05) is 12.8 Å². The number of hydrogen-bond acceptors (Lipinski definition) is 11. The van der Waals surface area contributed by atoms with Crippen molar-refractivity contribution in [2.24, 2.45) is 0 Å². The molecule has 12 nitrogen and oxygen atoms in total. The van der Waals surface area contributed by atoms with Gasteiger partial charge in [-0.05, 0) is 44.9 Å². The normalized spacial score (nSPS) is 19.5. The van der Waals surface area contributed by atoms with Crippen molar-refractivity contribution in [1.82, 2.24) is 0 Å². The van der Waals surface area contributed by atoms with E-state index in [9.17, 15) is 37.9 Å². The van der Waals surface area contributed by atoms with Gasteiger partial charge in [0.1, 0.15) is 36.8 Å². The number of aliphatic hydroxyl groups is 3. The van der Waals surface area contributed by atoms with Crippen molar-refractivity contribution in [2.75, 3.05) is 19.0 Å². The Morgan fingerprint density at radius 1 is 0.515 bits per heavy atom. The summed E-state index contributed by atoms with van der Waals surface area (Å²) in [5, 5.41) is 31.0. The van der Waals surface area contributed by atoms with Crippen molar-refractivity contribution in [3.05, 3.63) is 24.3 Å². The molecule has 0 saturated carbocycles. The molecular formula is C53H98O12S. The van der Waals surface area contributed by atoms with Gasteiger partial charge in [0.2, 0.25) is 0 Å². The van der Waals surface area contributed by atoms with E-state index >= 15 is 0 Å². The Morgan fingerprint density at radius 2 is 0.909 bits per heavy atom. The van der Waals surface area contributed by atoms with E-state index in [1.165, 1.54) is 148 Å². The van der Waals surface area contributed by atoms with Crippen molar-refractivity contribution in [3.63, 3.8) is 0 Å². The lowest BCUT2D eigenvalue weighted by molar-refractivity contribution is -0.297. The topological polar surface area (TPSA) is 186 Å². The number of rotatable bonds is 46. The largest absolute Gasteiger partial charge is 0.462 e. The lowest BCUT2D eigenvalue weighted by Crippen LogP contribution is -2.60. The van der Waals surface area contributed by atoms with Crippen LogP contribution in [0.15, 0.2) is 24.3 Å². The van der Waals surface area contributed by atoms with Gasteiger partial charge in [-0.1, -0.05) is 212 Å². The number of esters is 2. The SMILES string of the molecule is CCCCCC/C=C\C/C=C\CCCCCCCCCC(=O)OC(COC(=O)CCCCCCCCCCCCCCCCCCCCCC)COC1OC(CS(=O)(=O)O)C(O)C(O)C1O. The number of ether oxygens (including phenoxy) is 4. The van der Waals surface area contributed by atoms with Crippen molar-refractivity contribution in [3.8, 4) is 0 Å². The molecule has 0 bridgehead atoms. The Kier molecular flexibility index (Phi) is 40.7. The molecule has 0 aliphatic carbocycles. The van der Waals surface area contributed by atoms with Gasteiger partial charge < -0.3 is 34.3 Å². The van der Waals surface area contributed by atoms with Crippen LogP contribution in [0.25, 0.3) is 0 Å². The number of unbranched alkanes of at least 4 members (excludes halogenated alkanes) is 30. The van der Waals surface area contributed by atoms with Gasteiger partial charge in [-0.15, -0.1) is 0 Å². The molecule has 0 aromatic carbocycles. The summed E-state index contributed by atoms with van der Waals surface area (Å²) in [7, 11) is -4.60. The maximum Gasteiger partial charge on any atom is 0.306 e. The van der Waals surface area contributed by atoms with Crippen LogP contribution in [0.5, 0.6) is 0 Å². The highest BCUT2D eigenvalue weighted by Crippen LogP contribution is 2.24. The van der Waals surface area contributed by atoms with Crippen molar-refractivity contribution in [2.45, 2.75) is 282 Å². The van der Waals surface area contributed by atoms with Crippen LogP contribution in [0.3, 0.4) is 0 Å². The molecule has 388 valence electrons. The zero-order valence-corrected chi connectivity index (χ0v) is 42.6. The molecule has 1 rings (SSSR count). The molecule has 0 aromatic heterocycles. The summed E-state index contributed by atoms with van der Waals surface area (Å²) in [6.07, 6.45) is 40.7. The lowest BCUT2D eigenvalue weighted by Gasteiger charge is -2.40. The van der Waals surface area contributed by atoms with Crippen LogP contribution in [0.4, 0.5) is 0 Å². The highest BCUT2D eigenvalue weighted by molar-refractivity contribution is 7.85. The summed E-state index contributed by atoms with van der Waals surface area (Å²) in [5.41, 5.74) is 0. The van der Waals surface area contributed by atoms with Gasteiger partial charge in [0.05, 0.1) is 6.61 Å². The lowest BCUT2D eigenvalue weighted by atomic mass is 10.00. The zero-order valence-electron chi connectivity index (χ0n) is 41.8. The van der Waals surface area contributed by atoms with Gasteiger partial charge in [-0.25, -0.2) is 0 Å². The first-order valence-corrected chi connectivity index (χ1v) is 28.5. The minimum absolute atomic E-state index is 0.158. The van der Waals surface area contributed by atoms with Gasteiger partial charge in [-0.3, -0.25) is 14.1 Å². The number of aliphatic hydroxyl groups excluding tert-OH is 3. The molecule has 1 aliphatic heterocycles. The first-order valence-electron chi connectivity index (χ1n) is 26.9. The second-order valence-electron chi connectivity index (χ2n) is 18.9. The molecule has 0 spiro atoms. The summed E-state index contributed by atoms with van der Waals surface area (Å²) >= 11 is 0. The highest BCUT2D eigenvalue weighted by Gasteiger charge is 2.46. The minimum Gasteiger partial charge on any atom is -0.462 e. The molecule has 6 unspecified atom stereocenters. The maximum atomic E-state index is 12.9. The Hall–Kier alpha value is -1.87. The Morgan fingerprint density at radius 3 is 1.35 bits per heavy atom. The van der Waals surface area contributed by atoms with Crippen LogP contribution in [0, 0.1) is 0 Å². The molecule has 13 heteroatoms. The van der Waals surface area contributed by atoms with Gasteiger partial charge in [-0.2, -0.15) is 8.42 Å². The first-order chi connectivity index (χ1) is 32.0. The second-order valence-corrected chi connectivity index (χ2v) is 20.4. The molecular weight excluding hydrogens is 861 g/mol. The van der Waals surface area contributed by atoms with Crippen LogP contribution in [0.1, 0.15) is 245 Å². The first kappa shape index (κ1) is 62.1. The molecule has 0 aromatic rings. The van der Waals surface area contributed by atoms with E-state index in [4.69, 9.17) is 18.9 Å². The van der Waals surface area contributed by atoms with Crippen LogP contribution in [-0.4, -0.2) is 96.0 Å². The fraction of sp³-hybridized carbons (Fsp3) is 0.887. The average molecular weight is 959 g/mol. The van der Waals surface area contributed by atoms with Crippen LogP contribution >= 0.6 is 0 Å². The smallest absolute Gasteiger partial charge is 0.306 e. The van der Waals surface area contributed by atoms with Crippen molar-refractivity contribution >= 4 is 22.1 Å². The van der Waals surface area contributed by atoms with E-state index in [0.29, 0.717) is 12.8 Å². The monoisotopic (exact) mass is 959 g/mol. The van der Waals surface area contributed by atoms with E-state index in [1.54, 1.807) is 0 Å². The summed E-state index contributed by atoms with van der Waals surface area (Å²) in [4.78, 5) is 25.6. The summed E-state index contributed by atoms with van der Waals surface area (Å²) in [5.74, 6) is -1.98. The zero-order chi connectivity index (χ0) is 48.4. The van der Waals surface area contributed by atoms with Crippen LogP contribution in [-0.2, 0) is 38.7 Å². The maximum absolute atomic E-state index is 12.9. The third-order valence-electron chi connectivity index (χ3n) is 12.5. The molecule has 4 N–H and O–H groups in total. The molecule has 1 heterocycles. The van der Waals surface area contributed by atoms with Gasteiger partial charge in [0.25, 0.3) is 10.1 Å². The number of carbonyl (C=O) groups excluding carboxylic acids is 2. The molecule has 66 heavy (non-hydrogen) atoms. The molecule has 6 atom stereocenters. The molecule has 1 fully saturated rings. The van der Waals surface area contributed by atoms with Crippen molar-refractivity contribution < 1.29 is 56.8 Å². The molecule has 0 amide bonds. The fourth-order valence-corrected chi connectivity index (χ4v) is 9.05. The molecule has 0 radical (unpaired) electrons. The molecule has 1 aliphatic rings. The van der Waals surface area contributed by atoms with E-state index in [0.717, 1.165) is 57.8 Å². The third-order valence-corrected chi connectivity index (χ3v) is 13.3. The Bertz CT molecular complexity index is 1310. The summed E-state index contributed by atoms with van der Waals surface area (Å²) in [6, 6.07) is 0. The number of carbonyl (C=O) groups is 2. The molecule has 1 saturated heterocycles. The minimum atomic E-state index is -4.60. The quantitative estimate of drug-likeness (QED) is 0.0196. The second kappa shape index (κ2) is 43.2. The summed E-state index contributed by atoms with van der Waals surface area (Å²) < 4.78 is 54.3. The van der Waals surface area contributed by atoms with Crippen LogP contribution < -0.4 is 0 Å². The fourth-order valence-electron chi connectivity index (χ4n) is 8.36. The number of allylic oxidation sites excluding steroid dienone is 4. The third kappa shape index (κ3) is 37.1. The van der Waals surface area contributed by atoms with E-state index in [1.807, 2.05) is 0 Å². The average Bonchev–Trinajstić information content (AvgIpc) is 3.28. The van der Waals surface area contributed by atoms with Gasteiger partial charge in [0.15, 0.2) is 12.4 Å². The van der Waals surface area contributed by atoms with E-state index < -0.39 is 71.2 Å². The van der Waals surface area contributed by atoms with E-state index in [2.05, 4.69) is 38.2 Å². The standard InChI is InChI=1S/C53H98O12S/c1-3-5-7-9-11-13-15-17-19-21-23-24-26-27-29-31-33-35-37-39-41-48(54)62-43-46(44-63-53-52(58)51(57)50(56)47(65-53)45-66(59,60)61)64-49(55)42-40-38-36-34-32-30-28-25-22-20-18-16-14-12-10-8-6-4-2/h14,16,20,22,46-47,50-53,56-58H,3-13,15,17-19,21,23-45H2,1-2H3,(H,59,60,61)/b16-14-,22-20-. The Balaban J connectivity index is 2.35. The number of hydrogen-bond donors (Lipinski definition) is 4. The van der Waals surface area contributed by atoms with Crippen molar-refractivity contribution in [1.29, 1.82) is 0 Å². The van der Waals surface area contributed by atoms with E-state index in [-0.39, 0.29) is 19.4 Å². The Labute approximate surface area is 402 Å². The van der Waals surface area contributed by atoms with Crippen LogP contribution in [0.2, 0.25) is 0 Å². The van der Waals surface area contributed by atoms with Gasteiger partial charge >= 0.3 is 11.9 Å². The highest BCUT2D eigenvalue weighted by atomic mass is 32.2. The predicted octanol–water partition coefficient (Wildman–Crippen LogP) is 12.3.